The molecule has 0 aliphatic heterocycles. The molecular formula is C8H19BrN2O2S2. The lowest BCUT2D eigenvalue weighted by molar-refractivity contribution is 0.264. The Labute approximate surface area is 113 Å². The van der Waals surface area contributed by atoms with Crippen molar-refractivity contribution in [3.63, 3.8) is 0 Å². The molecule has 0 fully saturated rings. The van der Waals surface area contributed by atoms with Crippen LogP contribution in [-0.4, -0.2) is 35.0 Å². The molecule has 0 aliphatic carbocycles. The van der Waals surface area contributed by atoms with Crippen molar-refractivity contribution in [2.24, 2.45) is 5.73 Å². The van der Waals surface area contributed by atoms with Gasteiger partial charge in [-0.2, -0.15) is 0 Å². The summed E-state index contributed by atoms with van der Waals surface area (Å²) in [7, 11) is 0. The molecule has 0 unspecified atom stereocenters. The van der Waals surface area contributed by atoms with Crippen LogP contribution in [0.1, 0.15) is 20.8 Å². The van der Waals surface area contributed by atoms with Gasteiger partial charge in [0.05, 0.1) is 6.61 Å². The summed E-state index contributed by atoms with van der Waals surface area (Å²) < 4.78 is 5.14. The van der Waals surface area contributed by atoms with Gasteiger partial charge in [-0.05, 0) is 33.0 Å². The van der Waals surface area contributed by atoms with E-state index in [2.05, 4.69) is 32.2 Å². The number of ether oxygens (including phenoxy) is 1. The summed E-state index contributed by atoms with van der Waals surface area (Å²) in [5.41, 5.74) is 4.34. The molecule has 15 heavy (non-hydrogen) atoms. The van der Waals surface area contributed by atoms with E-state index in [0.717, 1.165) is 13.1 Å². The van der Waals surface area contributed by atoms with Crippen molar-refractivity contribution in [1.29, 1.82) is 0 Å². The fourth-order valence-electron chi connectivity index (χ4n) is 0.697. The summed E-state index contributed by atoms with van der Waals surface area (Å²) in [5.74, 6) is 0. The zero-order valence-corrected chi connectivity index (χ0v) is 12.7. The van der Waals surface area contributed by atoms with E-state index in [-0.39, 0.29) is 17.0 Å². The third-order valence-corrected chi connectivity index (χ3v) is 1.67. The lowest BCUT2D eigenvalue weighted by Crippen LogP contribution is -2.30. The highest BCUT2D eigenvalue weighted by molar-refractivity contribution is 8.93. The molecule has 0 spiro atoms. The minimum absolute atomic E-state index is 0. The van der Waals surface area contributed by atoms with Crippen molar-refractivity contribution in [3.05, 3.63) is 0 Å². The normalized spacial score (nSPS) is 7.73. The van der Waals surface area contributed by atoms with Gasteiger partial charge in [-0.25, -0.2) is 0 Å². The molecule has 0 aromatic heterocycles. The van der Waals surface area contributed by atoms with Gasteiger partial charge in [-0.15, -0.1) is 17.0 Å². The molecule has 0 aromatic rings. The van der Waals surface area contributed by atoms with Crippen LogP contribution < -0.4 is 5.73 Å². The molecule has 0 bridgehead atoms. The van der Waals surface area contributed by atoms with Gasteiger partial charge in [0.1, 0.15) is 0 Å². The number of hydrogen-bond acceptors (Lipinski definition) is 3. The number of hydrogen-bond donors (Lipinski definition) is 2. The van der Waals surface area contributed by atoms with Gasteiger partial charge < -0.3 is 15.4 Å². The predicted octanol–water partition coefficient (Wildman–Crippen LogP) is 2.22. The van der Waals surface area contributed by atoms with E-state index in [1.165, 1.54) is 0 Å². The molecule has 2 N–H and O–H groups in total. The summed E-state index contributed by atoms with van der Waals surface area (Å²) in [4.78, 5) is 11.1. The summed E-state index contributed by atoms with van der Waals surface area (Å²) in [6, 6.07) is 0. The van der Waals surface area contributed by atoms with Gasteiger partial charge in [0.25, 0.3) is 10.4 Å². The maximum atomic E-state index is 9.09. The zero-order chi connectivity index (χ0) is 11.6. The number of nitrogens with zero attached hydrogens (tertiary/aromatic N) is 1. The lowest BCUT2D eigenvalue weighted by Gasteiger charge is -2.20. The number of carbonyl (C=O) groups excluding carboxylic acids is 1. The Morgan fingerprint density at radius 3 is 1.93 bits per heavy atom. The van der Waals surface area contributed by atoms with Crippen LogP contribution in [0.25, 0.3) is 0 Å². The average molecular weight is 319 g/mol. The third kappa shape index (κ3) is 16.7. The average Bonchev–Trinajstić information content (AvgIpc) is 2.06. The molecule has 0 aliphatic rings. The lowest BCUT2D eigenvalue weighted by atomic mass is 10.6. The Morgan fingerprint density at radius 2 is 1.73 bits per heavy atom. The van der Waals surface area contributed by atoms with E-state index in [1.54, 1.807) is 0 Å². The molecule has 0 heterocycles. The highest BCUT2D eigenvalue weighted by Gasteiger charge is 2.03. The molecule has 7 heteroatoms. The highest BCUT2D eigenvalue weighted by atomic mass is 79.9. The first-order valence-electron chi connectivity index (χ1n) is 4.39. The minimum atomic E-state index is -0.639. The van der Waals surface area contributed by atoms with Gasteiger partial charge in [0, 0.05) is 13.1 Å². The number of thiol groups is 1. The number of thiocarbonyl (C=S) groups is 1. The largest absolute Gasteiger partial charge is 0.471 e. The molecule has 1 amide bonds. The topological polar surface area (TPSA) is 55.6 Å². The van der Waals surface area contributed by atoms with Crippen LogP contribution in [0.4, 0.5) is 4.79 Å². The van der Waals surface area contributed by atoms with Crippen molar-refractivity contribution in [2.75, 3.05) is 19.7 Å². The maximum absolute atomic E-state index is 9.09. The molecule has 0 saturated carbocycles. The van der Waals surface area contributed by atoms with Gasteiger partial charge >= 0.3 is 0 Å². The van der Waals surface area contributed by atoms with E-state index >= 15 is 0 Å². The zero-order valence-electron chi connectivity index (χ0n) is 9.23. The van der Waals surface area contributed by atoms with Gasteiger partial charge in [0.15, 0.2) is 0 Å². The van der Waals surface area contributed by atoms with E-state index in [4.69, 9.17) is 21.7 Å². The molecule has 4 nitrogen and oxygen atoms in total. The minimum Gasteiger partial charge on any atom is -0.471 e. The van der Waals surface area contributed by atoms with E-state index in [1.807, 2.05) is 11.8 Å². The Balaban J connectivity index is -0.000000249. The SMILES string of the molecule is Br.CCOC(=S)N(CC)CC.NC(=O)S. The fraction of sp³-hybridized carbons (Fsp3) is 0.750. The number of amides is 1. The quantitative estimate of drug-likeness (QED) is 0.619. The van der Waals surface area contributed by atoms with Crippen molar-refractivity contribution in [3.8, 4) is 0 Å². The summed E-state index contributed by atoms with van der Waals surface area (Å²) in [6.45, 7) is 8.58. The number of rotatable bonds is 3. The van der Waals surface area contributed by atoms with Crippen LogP contribution in [0.3, 0.4) is 0 Å². The van der Waals surface area contributed by atoms with Crippen LogP contribution in [0.15, 0.2) is 0 Å². The van der Waals surface area contributed by atoms with Gasteiger partial charge in [0.2, 0.25) is 0 Å². The Hall–Kier alpha value is -0.0100. The smallest absolute Gasteiger partial charge is 0.273 e. The second-order valence-corrected chi connectivity index (χ2v) is 3.00. The molecule has 0 atom stereocenters. The fourth-order valence-corrected chi connectivity index (χ4v) is 1.07. The monoisotopic (exact) mass is 318 g/mol. The van der Waals surface area contributed by atoms with Crippen LogP contribution >= 0.6 is 41.8 Å². The first kappa shape index (κ1) is 20.4. The third-order valence-electron chi connectivity index (χ3n) is 1.29. The molecule has 92 valence electrons. The van der Waals surface area contributed by atoms with Crippen LogP contribution in [0.2, 0.25) is 0 Å². The second-order valence-electron chi connectivity index (χ2n) is 2.21. The summed E-state index contributed by atoms with van der Waals surface area (Å²) >= 11 is 8.08. The number of carbonyl (C=O) groups is 1. The van der Waals surface area contributed by atoms with Crippen molar-refractivity contribution < 1.29 is 9.53 Å². The molecule has 0 radical (unpaired) electrons. The van der Waals surface area contributed by atoms with E-state index in [0.29, 0.717) is 11.8 Å². The first-order chi connectivity index (χ1) is 6.49. The van der Waals surface area contributed by atoms with E-state index in [9.17, 15) is 0 Å². The summed E-state index contributed by atoms with van der Waals surface area (Å²) in [5, 5.41) is -0.0208. The summed E-state index contributed by atoms with van der Waals surface area (Å²) in [6.07, 6.45) is 0. The van der Waals surface area contributed by atoms with E-state index < -0.39 is 5.24 Å². The Kier molecular flexibility index (Phi) is 19.0. The molecule has 0 rings (SSSR count). The Bertz CT molecular complexity index is 174. The van der Waals surface area contributed by atoms with Crippen LogP contribution in [-0.2, 0) is 4.74 Å². The Morgan fingerprint density at radius 1 is 1.40 bits per heavy atom. The van der Waals surface area contributed by atoms with Crippen molar-refractivity contribution in [2.45, 2.75) is 20.8 Å². The van der Waals surface area contributed by atoms with Gasteiger partial charge in [-0.1, -0.05) is 12.6 Å². The van der Waals surface area contributed by atoms with Gasteiger partial charge in [-0.3, -0.25) is 4.79 Å². The molecule has 0 saturated heterocycles. The predicted molar refractivity (Wildman–Crippen MR) is 76.0 cm³/mol. The first-order valence-corrected chi connectivity index (χ1v) is 5.25. The highest BCUT2D eigenvalue weighted by Crippen LogP contribution is 1.92. The number of primary amides is 1. The van der Waals surface area contributed by atoms with Crippen LogP contribution in [0, 0.1) is 0 Å². The second kappa shape index (κ2) is 14.0. The standard InChI is InChI=1S/C7H15NOS.CH3NOS.BrH/c1-4-8(5-2)7(10)9-6-3;2-1(3)4;/h4-6H2,1-3H3;(H3,2,3,4);1H. The maximum Gasteiger partial charge on any atom is 0.273 e. The van der Waals surface area contributed by atoms with Crippen molar-refractivity contribution >= 4 is 52.2 Å². The molecule has 0 aromatic carbocycles. The number of nitrogens with two attached hydrogens (primary N) is 1. The van der Waals surface area contributed by atoms with Crippen molar-refractivity contribution in [1.82, 2.24) is 4.90 Å². The van der Waals surface area contributed by atoms with Crippen LogP contribution in [0.5, 0.6) is 0 Å². The number of halogens is 1. The molecular weight excluding hydrogens is 300 g/mol.